The van der Waals surface area contributed by atoms with Gasteiger partial charge in [0.15, 0.2) is 0 Å². The Balaban J connectivity index is 2.33. The van der Waals surface area contributed by atoms with Crippen LogP contribution in [0.2, 0.25) is 0 Å². The summed E-state index contributed by atoms with van der Waals surface area (Å²) in [4.78, 5) is 13.0. The molecule has 7 heteroatoms. The Labute approximate surface area is 111 Å². The SMILES string of the molecule is Cc1nn(C)c(N2CCOCC2)c1C(N)CC(=O)O. The number of nitrogens with zero attached hydrogens (tertiary/aromatic N) is 3. The minimum absolute atomic E-state index is 0.0934. The molecule has 2 rings (SSSR count). The van der Waals surface area contributed by atoms with E-state index in [1.54, 1.807) is 4.68 Å². The van der Waals surface area contributed by atoms with Crippen molar-refractivity contribution in [2.24, 2.45) is 12.8 Å². The van der Waals surface area contributed by atoms with Gasteiger partial charge in [0.1, 0.15) is 5.82 Å². The van der Waals surface area contributed by atoms with Crippen molar-refractivity contribution in [1.29, 1.82) is 0 Å². The lowest BCUT2D eigenvalue weighted by Crippen LogP contribution is -2.38. The molecule has 7 nitrogen and oxygen atoms in total. The molecule has 1 unspecified atom stereocenters. The third kappa shape index (κ3) is 2.87. The predicted octanol–water partition coefficient (Wildman–Crippen LogP) is 0.0396. The summed E-state index contributed by atoms with van der Waals surface area (Å²) >= 11 is 0. The Morgan fingerprint density at radius 3 is 2.74 bits per heavy atom. The van der Waals surface area contributed by atoms with E-state index < -0.39 is 12.0 Å². The van der Waals surface area contributed by atoms with Crippen molar-refractivity contribution in [3.05, 3.63) is 11.3 Å². The van der Waals surface area contributed by atoms with Crippen LogP contribution in [0.15, 0.2) is 0 Å². The lowest BCUT2D eigenvalue weighted by atomic mass is 10.0. The van der Waals surface area contributed by atoms with Gasteiger partial charge in [0.05, 0.1) is 25.3 Å². The molecule has 1 atom stereocenters. The maximum Gasteiger partial charge on any atom is 0.305 e. The second kappa shape index (κ2) is 5.58. The zero-order valence-electron chi connectivity index (χ0n) is 11.3. The van der Waals surface area contributed by atoms with Gasteiger partial charge in [-0.15, -0.1) is 0 Å². The van der Waals surface area contributed by atoms with Crippen LogP contribution in [0.25, 0.3) is 0 Å². The van der Waals surface area contributed by atoms with Crippen LogP contribution < -0.4 is 10.6 Å². The van der Waals surface area contributed by atoms with Gasteiger partial charge in [0, 0.05) is 31.7 Å². The van der Waals surface area contributed by atoms with Crippen LogP contribution in [0.3, 0.4) is 0 Å². The standard InChI is InChI=1S/C12H20N4O3/c1-8-11(9(13)7-10(17)18)12(15(2)14-8)16-3-5-19-6-4-16/h9H,3-7,13H2,1-2H3,(H,17,18). The van der Waals surface area contributed by atoms with Crippen LogP contribution >= 0.6 is 0 Å². The molecule has 1 saturated heterocycles. The van der Waals surface area contributed by atoms with E-state index in [9.17, 15) is 4.79 Å². The molecule has 0 amide bonds. The molecule has 19 heavy (non-hydrogen) atoms. The van der Waals surface area contributed by atoms with Crippen molar-refractivity contribution in [2.75, 3.05) is 31.2 Å². The summed E-state index contributed by atoms with van der Waals surface area (Å²) in [6.45, 7) is 4.73. The molecule has 0 saturated carbocycles. The Kier molecular flexibility index (Phi) is 4.06. The van der Waals surface area contributed by atoms with Gasteiger partial charge in [-0.3, -0.25) is 9.48 Å². The van der Waals surface area contributed by atoms with Crippen molar-refractivity contribution >= 4 is 11.8 Å². The van der Waals surface area contributed by atoms with Crippen LogP contribution in [0.4, 0.5) is 5.82 Å². The number of carboxylic acid groups (broad SMARTS) is 1. The second-order valence-electron chi connectivity index (χ2n) is 4.75. The largest absolute Gasteiger partial charge is 0.481 e. The van der Waals surface area contributed by atoms with Gasteiger partial charge in [-0.05, 0) is 6.92 Å². The molecule has 1 aliphatic rings. The molecule has 0 aliphatic carbocycles. The lowest BCUT2D eigenvalue weighted by Gasteiger charge is -2.30. The zero-order chi connectivity index (χ0) is 14.0. The number of anilines is 1. The van der Waals surface area contributed by atoms with Gasteiger partial charge in [0.25, 0.3) is 0 Å². The normalized spacial score (nSPS) is 17.5. The fraction of sp³-hybridized carbons (Fsp3) is 0.667. The summed E-state index contributed by atoms with van der Waals surface area (Å²) in [6, 6.07) is -0.538. The quantitative estimate of drug-likeness (QED) is 0.800. The molecule has 0 aromatic carbocycles. The van der Waals surface area contributed by atoms with Crippen LogP contribution in [-0.2, 0) is 16.6 Å². The summed E-state index contributed by atoms with van der Waals surface area (Å²) in [5, 5.41) is 13.3. The number of aryl methyl sites for hydroxylation is 2. The van der Waals surface area contributed by atoms with Crippen LogP contribution in [0.1, 0.15) is 23.7 Å². The second-order valence-corrected chi connectivity index (χ2v) is 4.75. The summed E-state index contributed by atoms with van der Waals surface area (Å²) in [6.07, 6.45) is -0.0934. The third-order valence-corrected chi connectivity index (χ3v) is 3.31. The number of hydrogen-bond acceptors (Lipinski definition) is 5. The average Bonchev–Trinajstić information content (AvgIpc) is 2.64. The molecule has 106 valence electrons. The highest BCUT2D eigenvalue weighted by atomic mass is 16.5. The number of ether oxygens (including phenoxy) is 1. The van der Waals surface area contributed by atoms with Gasteiger partial charge in [-0.1, -0.05) is 0 Å². The van der Waals surface area contributed by atoms with Crippen molar-refractivity contribution in [1.82, 2.24) is 9.78 Å². The fourth-order valence-corrected chi connectivity index (χ4v) is 2.54. The highest BCUT2D eigenvalue weighted by Crippen LogP contribution is 2.30. The number of aliphatic carboxylic acids is 1. The average molecular weight is 268 g/mol. The number of hydrogen-bond donors (Lipinski definition) is 2. The molecule has 0 bridgehead atoms. The Morgan fingerprint density at radius 2 is 2.16 bits per heavy atom. The van der Waals surface area contributed by atoms with E-state index in [4.69, 9.17) is 15.6 Å². The van der Waals surface area contributed by atoms with E-state index in [1.165, 1.54) is 0 Å². The van der Waals surface area contributed by atoms with E-state index in [-0.39, 0.29) is 6.42 Å². The van der Waals surface area contributed by atoms with E-state index in [2.05, 4.69) is 10.00 Å². The number of nitrogens with two attached hydrogens (primary N) is 1. The van der Waals surface area contributed by atoms with E-state index in [0.29, 0.717) is 13.2 Å². The third-order valence-electron chi connectivity index (χ3n) is 3.31. The number of carbonyl (C=O) groups is 1. The van der Waals surface area contributed by atoms with Crippen molar-refractivity contribution in [3.8, 4) is 0 Å². The van der Waals surface area contributed by atoms with Crippen molar-refractivity contribution in [3.63, 3.8) is 0 Å². The molecular formula is C12H20N4O3. The topological polar surface area (TPSA) is 93.6 Å². The predicted molar refractivity (Wildman–Crippen MR) is 70.2 cm³/mol. The van der Waals surface area contributed by atoms with Gasteiger partial charge in [-0.2, -0.15) is 5.10 Å². The van der Waals surface area contributed by atoms with Crippen LogP contribution in [-0.4, -0.2) is 47.2 Å². The highest BCUT2D eigenvalue weighted by Gasteiger charge is 2.26. The number of aromatic nitrogens is 2. The summed E-state index contributed by atoms with van der Waals surface area (Å²) in [5.41, 5.74) is 7.64. The number of carboxylic acids is 1. The molecular weight excluding hydrogens is 248 g/mol. The van der Waals surface area contributed by atoms with Crippen LogP contribution in [0, 0.1) is 6.92 Å². The lowest BCUT2D eigenvalue weighted by molar-refractivity contribution is -0.137. The van der Waals surface area contributed by atoms with E-state index in [1.807, 2.05) is 14.0 Å². The first-order valence-electron chi connectivity index (χ1n) is 6.34. The molecule has 0 spiro atoms. The number of morpholine rings is 1. The fourth-order valence-electron chi connectivity index (χ4n) is 2.54. The number of rotatable bonds is 4. The minimum atomic E-state index is -0.899. The molecule has 3 N–H and O–H groups in total. The van der Waals surface area contributed by atoms with Gasteiger partial charge < -0.3 is 20.5 Å². The zero-order valence-corrected chi connectivity index (χ0v) is 11.3. The van der Waals surface area contributed by atoms with E-state index in [0.717, 1.165) is 30.2 Å². The first-order valence-corrected chi connectivity index (χ1v) is 6.34. The summed E-state index contributed by atoms with van der Waals surface area (Å²) in [7, 11) is 1.86. The molecule has 1 fully saturated rings. The van der Waals surface area contributed by atoms with E-state index >= 15 is 0 Å². The molecule has 1 aliphatic heterocycles. The Bertz CT molecular complexity index is 466. The first kappa shape index (κ1) is 13.8. The van der Waals surface area contributed by atoms with Gasteiger partial charge in [0.2, 0.25) is 0 Å². The van der Waals surface area contributed by atoms with Crippen LogP contribution in [0.5, 0.6) is 0 Å². The van der Waals surface area contributed by atoms with Crippen molar-refractivity contribution in [2.45, 2.75) is 19.4 Å². The summed E-state index contributed by atoms with van der Waals surface area (Å²) in [5.74, 6) is 0.0123. The first-order chi connectivity index (χ1) is 9.00. The van der Waals surface area contributed by atoms with Crippen molar-refractivity contribution < 1.29 is 14.6 Å². The monoisotopic (exact) mass is 268 g/mol. The highest BCUT2D eigenvalue weighted by molar-refractivity contribution is 5.69. The Hall–Kier alpha value is -1.60. The molecule has 1 aromatic heterocycles. The van der Waals surface area contributed by atoms with Gasteiger partial charge in [-0.25, -0.2) is 0 Å². The smallest absolute Gasteiger partial charge is 0.305 e. The minimum Gasteiger partial charge on any atom is -0.481 e. The molecule has 1 aromatic rings. The maximum atomic E-state index is 10.8. The maximum absolute atomic E-state index is 10.8. The Morgan fingerprint density at radius 1 is 1.53 bits per heavy atom. The molecule has 0 radical (unpaired) electrons. The molecule has 2 heterocycles. The van der Waals surface area contributed by atoms with Gasteiger partial charge >= 0.3 is 5.97 Å². The summed E-state index contributed by atoms with van der Waals surface area (Å²) < 4.78 is 7.11.